The Bertz CT molecular complexity index is 1020. The molecule has 0 unspecified atom stereocenters. The number of benzene rings is 2. The Morgan fingerprint density at radius 1 is 0.871 bits per heavy atom. The van der Waals surface area contributed by atoms with Crippen molar-refractivity contribution in [3.05, 3.63) is 47.0 Å². The van der Waals surface area contributed by atoms with Crippen LogP contribution in [0.4, 0.5) is 17.1 Å². The zero-order valence-electron chi connectivity index (χ0n) is 19.4. The van der Waals surface area contributed by atoms with Gasteiger partial charge in [-0.2, -0.15) is 0 Å². The molecule has 0 radical (unpaired) electrons. The molecule has 0 atom stereocenters. The first-order chi connectivity index (χ1) is 14.5. The van der Waals surface area contributed by atoms with E-state index in [1.54, 1.807) is 25.3 Å². The van der Waals surface area contributed by atoms with E-state index in [-0.39, 0.29) is 16.7 Å². The summed E-state index contributed by atoms with van der Waals surface area (Å²) >= 11 is 0. The minimum atomic E-state index is -0.464. The highest BCUT2D eigenvalue weighted by molar-refractivity contribution is 5.98. The van der Waals surface area contributed by atoms with Crippen LogP contribution in [0.5, 0.6) is 5.75 Å². The van der Waals surface area contributed by atoms with Gasteiger partial charge in [0.1, 0.15) is 5.75 Å². The van der Waals surface area contributed by atoms with Gasteiger partial charge < -0.3 is 20.1 Å². The summed E-state index contributed by atoms with van der Waals surface area (Å²) in [4.78, 5) is 23.7. The lowest BCUT2D eigenvalue weighted by Crippen LogP contribution is -2.33. The summed E-state index contributed by atoms with van der Waals surface area (Å²) in [7, 11) is 2.98. The second-order valence-corrected chi connectivity index (χ2v) is 9.42. The average molecular weight is 425 g/mol. The molecule has 0 bridgehead atoms. The van der Waals surface area contributed by atoms with Gasteiger partial charge in [-0.25, -0.2) is 4.79 Å². The molecule has 2 aromatic carbocycles. The van der Waals surface area contributed by atoms with Crippen LogP contribution < -0.4 is 15.4 Å². The quantitative estimate of drug-likeness (QED) is 0.617. The van der Waals surface area contributed by atoms with Crippen LogP contribution in [0, 0.1) is 0 Å². The molecular weight excluding hydrogens is 392 g/mol. The number of hydrogen-bond acceptors (Lipinski definition) is 5. The van der Waals surface area contributed by atoms with Crippen LogP contribution in [0.2, 0.25) is 0 Å². The predicted molar refractivity (Wildman–Crippen MR) is 124 cm³/mol. The smallest absolute Gasteiger partial charge is 0.337 e. The van der Waals surface area contributed by atoms with Gasteiger partial charge in [0.15, 0.2) is 0 Å². The van der Waals surface area contributed by atoms with Crippen molar-refractivity contribution in [2.45, 2.75) is 58.3 Å². The third kappa shape index (κ3) is 4.53. The van der Waals surface area contributed by atoms with Crippen molar-refractivity contribution in [3.8, 4) is 5.75 Å². The first-order valence-electron chi connectivity index (χ1n) is 10.5. The number of methoxy groups -OCH3 is 2. The number of carbonyl (C=O) groups is 2. The van der Waals surface area contributed by atoms with E-state index in [0.717, 1.165) is 24.3 Å². The molecule has 6 heteroatoms. The molecule has 0 aliphatic heterocycles. The van der Waals surface area contributed by atoms with Crippen molar-refractivity contribution in [2.75, 3.05) is 24.9 Å². The Morgan fingerprint density at radius 2 is 1.48 bits per heavy atom. The highest BCUT2D eigenvalue weighted by atomic mass is 16.5. The summed E-state index contributed by atoms with van der Waals surface area (Å²) in [5.74, 6) is 0.0363. The van der Waals surface area contributed by atoms with Crippen molar-refractivity contribution < 1.29 is 19.1 Å². The molecule has 1 aliphatic carbocycles. The molecule has 3 rings (SSSR count). The van der Waals surface area contributed by atoms with Crippen molar-refractivity contribution in [1.29, 1.82) is 0 Å². The number of hydrogen-bond donors (Lipinski definition) is 2. The van der Waals surface area contributed by atoms with Crippen LogP contribution in [0.3, 0.4) is 0 Å². The molecule has 2 aromatic rings. The van der Waals surface area contributed by atoms with Crippen molar-refractivity contribution in [2.24, 2.45) is 0 Å². The molecule has 31 heavy (non-hydrogen) atoms. The highest BCUT2D eigenvalue weighted by Gasteiger charge is 2.38. The van der Waals surface area contributed by atoms with E-state index >= 15 is 0 Å². The second kappa shape index (κ2) is 8.25. The number of fused-ring (bicyclic) bond motifs is 1. The maximum atomic E-state index is 11.9. The van der Waals surface area contributed by atoms with Crippen LogP contribution >= 0.6 is 0 Å². The predicted octanol–water partition coefficient (Wildman–Crippen LogP) is 5.53. The maximum Gasteiger partial charge on any atom is 0.337 e. The molecule has 0 saturated heterocycles. The summed E-state index contributed by atoms with van der Waals surface area (Å²) < 4.78 is 10.5. The monoisotopic (exact) mass is 424 g/mol. The number of esters is 1. The fourth-order valence-corrected chi connectivity index (χ4v) is 4.20. The second-order valence-electron chi connectivity index (χ2n) is 9.42. The van der Waals surface area contributed by atoms with Crippen molar-refractivity contribution >= 4 is 28.9 Å². The molecule has 0 saturated carbocycles. The van der Waals surface area contributed by atoms with Gasteiger partial charge in [0, 0.05) is 6.92 Å². The minimum absolute atomic E-state index is 0.0444. The van der Waals surface area contributed by atoms with E-state index in [1.165, 1.54) is 25.2 Å². The molecule has 0 aromatic heterocycles. The molecule has 166 valence electrons. The van der Waals surface area contributed by atoms with Gasteiger partial charge in [0.05, 0.1) is 36.8 Å². The number of rotatable bonds is 5. The Labute approximate surface area is 184 Å². The molecule has 0 spiro atoms. The minimum Gasteiger partial charge on any atom is -0.495 e. The molecule has 0 heterocycles. The van der Waals surface area contributed by atoms with E-state index in [0.29, 0.717) is 16.9 Å². The standard InChI is InChI=1S/C25H32N2O4/c1-15(28)26-20-12-16(23(29)31-7)8-9-19(20)27-21-13-17-18(14-22(21)30-6)25(4,5)11-10-24(17,2)3/h8-9,12-14,27H,10-11H2,1-7H3,(H,26,28). The Balaban J connectivity index is 2.10. The van der Waals surface area contributed by atoms with Crippen LogP contribution in [0.25, 0.3) is 0 Å². The van der Waals surface area contributed by atoms with Gasteiger partial charge in [0.2, 0.25) is 5.91 Å². The van der Waals surface area contributed by atoms with Crippen LogP contribution in [-0.2, 0) is 20.4 Å². The number of carbonyl (C=O) groups excluding carboxylic acids is 2. The topological polar surface area (TPSA) is 76.7 Å². The van der Waals surface area contributed by atoms with E-state index in [2.05, 4.69) is 50.5 Å². The van der Waals surface area contributed by atoms with E-state index < -0.39 is 5.97 Å². The van der Waals surface area contributed by atoms with Gasteiger partial charge in [-0.15, -0.1) is 0 Å². The summed E-state index contributed by atoms with van der Waals surface area (Å²) in [5, 5.41) is 6.20. The van der Waals surface area contributed by atoms with Crippen molar-refractivity contribution in [1.82, 2.24) is 0 Å². The third-order valence-electron chi connectivity index (χ3n) is 6.19. The number of ether oxygens (including phenoxy) is 2. The van der Waals surface area contributed by atoms with Gasteiger partial charge >= 0.3 is 5.97 Å². The van der Waals surface area contributed by atoms with Gasteiger partial charge in [-0.05, 0) is 65.1 Å². The summed E-state index contributed by atoms with van der Waals surface area (Å²) in [6, 6.07) is 9.30. The molecule has 1 amide bonds. The Kier molecular flexibility index (Phi) is 6.03. The molecule has 2 N–H and O–H groups in total. The van der Waals surface area contributed by atoms with Gasteiger partial charge in [-0.3, -0.25) is 4.79 Å². The summed E-state index contributed by atoms with van der Waals surface area (Å²) in [5.41, 5.74) is 5.03. The first kappa shape index (κ1) is 22.7. The SMILES string of the molecule is COC(=O)c1ccc(Nc2cc3c(cc2OC)C(C)(C)CCC3(C)C)c(NC(C)=O)c1. The zero-order chi connectivity index (χ0) is 23.0. The Hall–Kier alpha value is -3.02. The Morgan fingerprint density at radius 3 is 2.03 bits per heavy atom. The average Bonchev–Trinajstić information content (AvgIpc) is 2.71. The highest BCUT2D eigenvalue weighted by Crippen LogP contribution is 2.49. The van der Waals surface area contributed by atoms with Crippen LogP contribution in [0.1, 0.15) is 68.9 Å². The summed E-state index contributed by atoms with van der Waals surface area (Å²) in [6.07, 6.45) is 2.22. The maximum absolute atomic E-state index is 11.9. The van der Waals surface area contributed by atoms with E-state index in [9.17, 15) is 9.59 Å². The molecule has 0 fully saturated rings. The lowest BCUT2D eigenvalue weighted by Gasteiger charge is -2.42. The fraction of sp³-hybridized carbons (Fsp3) is 0.440. The first-order valence-corrected chi connectivity index (χ1v) is 10.5. The zero-order valence-corrected chi connectivity index (χ0v) is 19.4. The number of nitrogens with one attached hydrogen (secondary N) is 2. The lowest BCUT2D eigenvalue weighted by atomic mass is 9.63. The van der Waals surface area contributed by atoms with Crippen LogP contribution in [0.15, 0.2) is 30.3 Å². The van der Waals surface area contributed by atoms with E-state index in [4.69, 9.17) is 9.47 Å². The van der Waals surface area contributed by atoms with Crippen LogP contribution in [-0.4, -0.2) is 26.1 Å². The molecule has 1 aliphatic rings. The third-order valence-corrected chi connectivity index (χ3v) is 6.19. The molecule has 6 nitrogen and oxygen atoms in total. The number of anilines is 3. The normalized spacial score (nSPS) is 16.1. The summed E-state index contributed by atoms with van der Waals surface area (Å²) in [6.45, 7) is 10.5. The van der Waals surface area contributed by atoms with Crippen molar-refractivity contribution in [3.63, 3.8) is 0 Å². The largest absolute Gasteiger partial charge is 0.495 e. The lowest BCUT2D eigenvalue weighted by molar-refractivity contribution is -0.114. The van der Waals surface area contributed by atoms with Gasteiger partial charge in [0.25, 0.3) is 0 Å². The van der Waals surface area contributed by atoms with E-state index in [1.807, 2.05) is 0 Å². The fourth-order valence-electron chi connectivity index (χ4n) is 4.20. The number of amides is 1. The molecular formula is C25H32N2O4. The van der Waals surface area contributed by atoms with Gasteiger partial charge in [-0.1, -0.05) is 27.7 Å².